The highest BCUT2D eigenvalue weighted by Crippen LogP contribution is 2.00. The van der Waals surface area contributed by atoms with Gasteiger partial charge < -0.3 is 10.2 Å². The molecule has 0 bridgehead atoms. The van der Waals surface area contributed by atoms with Crippen LogP contribution in [0.4, 0.5) is 0 Å². The van der Waals surface area contributed by atoms with Crippen LogP contribution < -0.4 is 0 Å². The average molecular weight is 130 g/mol. The highest BCUT2D eigenvalue weighted by Gasteiger charge is 2.11. The summed E-state index contributed by atoms with van der Waals surface area (Å²) >= 11 is 0. The van der Waals surface area contributed by atoms with Gasteiger partial charge in [0.05, 0.1) is 0 Å². The second kappa shape index (κ2) is 3.25. The third-order valence-electron chi connectivity index (χ3n) is 0.827. The number of carboxylic acids is 1. The monoisotopic (exact) mass is 130 g/mol. The van der Waals surface area contributed by atoms with E-state index in [1.807, 2.05) is 0 Å². The molecule has 0 unspecified atom stereocenters. The van der Waals surface area contributed by atoms with E-state index in [0.29, 0.717) is 5.57 Å². The van der Waals surface area contributed by atoms with Crippen molar-refractivity contribution in [2.75, 3.05) is 0 Å². The second-order valence-electron chi connectivity index (χ2n) is 2.02. The largest absolute Gasteiger partial charge is 0.479 e. The van der Waals surface area contributed by atoms with Gasteiger partial charge in [-0.2, -0.15) is 0 Å². The van der Waals surface area contributed by atoms with Gasteiger partial charge in [-0.25, -0.2) is 4.79 Å². The van der Waals surface area contributed by atoms with Crippen molar-refractivity contribution in [1.82, 2.24) is 0 Å². The Morgan fingerprint density at radius 1 is 1.78 bits per heavy atom. The second-order valence-corrected chi connectivity index (χ2v) is 2.02. The van der Waals surface area contributed by atoms with Gasteiger partial charge in [-0.05, 0) is 6.92 Å². The lowest BCUT2D eigenvalue weighted by molar-refractivity contribution is -0.146. The molecule has 0 amide bonds. The summed E-state index contributed by atoms with van der Waals surface area (Å²) in [6.07, 6.45) is -1.16. The number of aliphatic hydroxyl groups excluding tert-OH is 1. The fraction of sp³-hybridized carbons (Fsp3) is 0.500. The SMILES string of the molecule is C=C(C)C[C@H](O)C(=O)O. The van der Waals surface area contributed by atoms with Gasteiger partial charge in [-0.1, -0.05) is 5.57 Å². The van der Waals surface area contributed by atoms with Crippen LogP contribution in [0.25, 0.3) is 0 Å². The van der Waals surface area contributed by atoms with Crippen LogP contribution in [0.5, 0.6) is 0 Å². The van der Waals surface area contributed by atoms with Crippen molar-refractivity contribution in [2.24, 2.45) is 0 Å². The van der Waals surface area contributed by atoms with Crippen LogP contribution >= 0.6 is 0 Å². The van der Waals surface area contributed by atoms with Gasteiger partial charge in [-0.3, -0.25) is 0 Å². The third-order valence-corrected chi connectivity index (χ3v) is 0.827. The van der Waals surface area contributed by atoms with Crippen molar-refractivity contribution in [1.29, 1.82) is 0 Å². The van der Waals surface area contributed by atoms with Crippen molar-refractivity contribution in [2.45, 2.75) is 19.4 Å². The molecule has 2 N–H and O–H groups in total. The molecule has 9 heavy (non-hydrogen) atoms. The zero-order valence-electron chi connectivity index (χ0n) is 5.29. The normalized spacial score (nSPS) is 12.7. The zero-order valence-corrected chi connectivity index (χ0v) is 5.29. The number of aliphatic hydroxyl groups is 1. The minimum absolute atomic E-state index is 0.134. The molecule has 0 saturated carbocycles. The van der Waals surface area contributed by atoms with E-state index < -0.39 is 12.1 Å². The molecule has 0 spiro atoms. The lowest BCUT2D eigenvalue weighted by Gasteiger charge is -2.02. The first-order valence-corrected chi connectivity index (χ1v) is 2.59. The lowest BCUT2D eigenvalue weighted by Crippen LogP contribution is -2.19. The zero-order chi connectivity index (χ0) is 7.44. The molecular weight excluding hydrogens is 120 g/mol. The summed E-state index contributed by atoms with van der Waals surface area (Å²) in [4.78, 5) is 9.94. The van der Waals surface area contributed by atoms with E-state index in [2.05, 4.69) is 6.58 Å². The molecule has 0 saturated heterocycles. The summed E-state index contributed by atoms with van der Waals surface area (Å²) in [6.45, 7) is 5.13. The Balaban J connectivity index is 3.63. The van der Waals surface area contributed by atoms with Gasteiger partial charge in [0.1, 0.15) is 0 Å². The topological polar surface area (TPSA) is 57.5 Å². The fourth-order valence-corrected chi connectivity index (χ4v) is 0.417. The Kier molecular flexibility index (Phi) is 2.95. The molecule has 0 fully saturated rings. The molecule has 0 aromatic rings. The van der Waals surface area contributed by atoms with Crippen LogP contribution in [0, 0.1) is 0 Å². The van der Waals surface area contributed by atoms with Gasteiger partial charge >= 0.3 is 5.97 Å². The molecule has 3 nitrogen and oxygen atoms in total. The first-order valence-electron chi connectivity index (χ1n) is 2.59. The number of carbonyl (C=O) groups is 1. The number of hydrogen-bond acceptors (Lipinski definition) is 2. The molecule has 0 heterocycles. The van der Waals surface area contributed by atoms with Crippen molar-refractivity contribution >= 4 is 5.97 Å². The van der Waals surface area contributed by atoms with E-state index >= 15 is 0 Å². The molecule has 0 aliphatic carbocycles. The van der Waals surface area contributed by atoms with Gasteiger partial charge in [0.25, 0.3) is 0 Å². The maximum Gasteiger partial charge on any atom is 0.332 e. The van der Waals surface area contributed by atoms with E-state index in [4.69, 9.17) is 10.2 Å². The molecule has 0 rings (SSSR count). The first kappa shape index (κ1) is 8.17. The van der Waals surface area contributed by atoms with Crippen LogP contribution in [-0.4, -0.2) is 22.3 Å². The summed E-state index contributed by atoms with van der Waals surface area (Å²) < 4.78 is 0. The van der Waals surface area contributed by atoms with Crippen LogP contribution in [0.2, 0.25) is 0 Å². The van der Waals surface area contributed by atoms with E-state index in [0.717, 1.165) is 0 Å². The van der Waals surface area contributed by atoms with Crippen molar-refractivity contribution in [3.63, 3.8) is 0 Å². The lowest BCUT2D eigenvalue weighted by atomic mass is 10.1. The molecule has 0 aliphatic heterocycles. The molecule has 0 aromatic heterocycles. The maximum atomic E-state index is 9.94. The maximum absolute atomic E-state index is 9.94. The summed E-state index contributed by atoms with van der Waals surface area (Å²) in [5, 5.41) is 16.8. The van der Waals surface area contributed by atoms with Gasteiger partial charge in [-0.15, -0.1) is 6.58 Å². The summed E-state index contributed by atoms with van der Waals surface area (Å²) in [5.74, 6) is -1.20. The minimum atomic E-state index is -1.29. The molecule has 3 heteroatoms. The van der Waals surface area contributed by atoms with E-state index in [1.54, 1.807) is 6.92 Å². The summed E-state index contributed by atoms with van der Waals surface area (Å²) in [6, 6.07) is 0. The van der Waals surface area contributed by atoms with E-state index in [-0.39, 0.29) is 6.42 Å². The Hall–Kier alpha value is -0.830. The molecule has 0 aromatic carbocycles. The Morgan fingerprint density at radius 2 is 2.22 bits per heavy atom. The number of rotatable bonds is 3. The van der Waals surface area contributed by atoms with Gasteiger partial charge in [0, 0.05) is 6.42 Å². The predicted octanol–water partition coefficient (Wildman–Crippen LogP) is 0.398. The molecular formula is C6H10O3. The van der Waals surface area contributed by atoms with Gasteiger partial charge in [0.15, 0.2) is 6.10 Å². The first-order chi connectivity index (χ1) is 4.04. The molecule has 0 radical (unpaired) electrons. The third kappa shape index (κ3) is 3.73. The van der Waals surface area contributed by atoms with Gasteiger partial charge in [0.2, 0.25) is 0 Å². The predicted molar refractivity (Wildman–Crippen MR) is 33.1 cm³/mol. The molecule has 52 valence electrons. The number of carboxylic acid groups (broad SMARTS) is 1. The van der Waals surface area contributed by atoms with Crippen molar-refractivity contribution in [3.05, 3.63) is 12.2 Å². The average Bonchev–Trinajstić information content (AvgIpc) is 1.63. The number of aliphatic carboxylic acids is 1. The van der Waals surface area contributed by atoms with Crippen molar-refractivity contribution < 1.29 is 15.0 Å². The Labute approximate surface area is 53.6 Å². The van der Waals surface area contributed by atoms with E-state index in [1.165, 1.54) is 0 Å². The van der Waals surface area contributed by atoms with Crippen LogP contribution in [0.1, 0.15) is 13.3 Å². The van der Waals surface area contributed by atoms with E-state index in [9.17, 15) is 4.79 Å². The summed E-state index contributed by atoms with van der Waals surface area (Å²) in [5.41, 5.74) is 0.671. The highest BCUT2D eigenvalue weighted by molar-refractivity contribution is 5.72. The number of hydrogen-bond donors (Lipinski definition) is 2. The van der Waals surface area contributed by atoms with Crippen molar-refractivity contribution in [3.8, 4) is 0 Å². The van der Waals surface area contributed by atoms with Crippen LogP contribution in [0.15, 0.2) is 12.2 Å². The van der Waals surface area contributed by atoms with Crippen LogP contribution in [0.3, 0.4) is 0 Å². The Bertz CT molecular complexity index is 128. The smallest absolute Gasteiger partial charge is 0.332 e. The standard InChI is InChI=1S/C6H10O3/c1-4(2)3-5(7)6(8)9/h5,7H,1,3H2,2H3,(H,8,9)/t5-/m0/s1. The highest BCUT2D eigenvalue weighted by atomic mass is 16.4. The Morgan fingerprint density at radius 3 is 2.33 bits per heavy atom. The minimum Gasteiger partial charge on any atom is -0.479 e. The molecule has 1 atom stereocenters. The van der Waals surface area contributed by atoms with Crippen LogP contribution in [-0.2, 0) is 4.79 Å². The quantitative estimate of drug-likeness (QED) is 0.543. The molecule has 0 aliphatic rings. The fourth-order valence-electron chi connectivity index (χ4n) is 0.417. The summed E-state index contributed by atoms with van der Waals surface area (Å²) in [7, 11) is 0.